The standard InChI is InChI=1S/C11H16BrNO2S/c1-3-10(8-12)13-16(14,15)11-6-4-5-9(2)7-11/h4-7,10,13H,3,8H2,1-2H3. The van der Waals surface area contributed by atoms with E-state index in [0.717, 1.165) is 12.0 Å². The molecule has 0 radical (unpaired) electrons. The van der Waals surface area contributed by atoms with E-state index in [-0.39, 0.29) is 6.04 Å². The molecule has 0 saturated heterocycles. The molecule has 0 aliphatic carbocycles. The van der Waals surface area contributed by atoms with E-state index in [1.165, 1.54) is 0 Å². The van der Waals surface area contributed by atoms with Crippen LogP contribution in [0.1, 0.15) is 18.9 Å². The number of alkyl halides is 1. The molecule has 0 amide bonds. The van der Waals surface area contributed by atoms with Crippen LogP contribution in [0.3, 0.4) is 0 Å². The zero-order valence-electron chi connectivity index (χ0n) is 9.40. The number of hydrogen-bond acceptors (Lipinski definition) is 2. The molecule has 0 aromatic heterocycles. The first-order valence-electron chi connectivity index (χ1n) is 5.14. The number of halogens is 1. The summed E-state index contributed by atoms with van der Waals surface area (Å²) in [7, 11) is -3.39. The highest BCUT2D eigenvalue weighted by Gasteiger charge is 2.17. The quantitative estimate of drug-likeness (QED) is 0.849. The lowest BCUT2D eigenvalue weighted by molar-refractivity contribution is 0.559. The van der Waals surface area contributed by atoms with Gasteiger partial charge in [0.05, 0.1) is 4.90 Å². The first-order chi connectivity index (χ1) is 7.49. The molecule has 0 aliphatic rings. The lowest BCUT2D eigenvalue weighted by Gasteiger charge is -2.14. The average molecular weight is 306 g/mol. The summed E-state index contributed by atoms with van der Waals surface area (Å²) >= 11 is 3.29. The van der Waals surface area contributed by atoms with Crippen LogP contribution in [0.2, 0.25) is 0 Å². The smallest absolute Gasteiger partial charge is 0.207 e. The molecule has 0 bridgehead atoms. The number of rotatable bonds is 5. The molecule has 5 heteroatoms. The fourth-order valence-corrected chi connectivity index (χ4v) is 3.55. The van der Waals surface area contributed by atoms with Gasteiger partial charge in [0.15, 0.2) is 0 Å². The minimum atomic E-state index is -3.39. The molecular formula is C11H16BrNO2S. The number of nitrogens with one attached hydrogen (secondary N) is 1. The SMILES string of the molecule is CCC(CBr)NS(=O)(=O)c1cccc(C)c1. The Hall–Kier alpha value is -0.390. The number of aryl methyl sites for hydroxylation is 1. The van der Waals surface area contributed by atoms with Gasteiger partial charge < -0.3 is 0 Å². The maximum atomic E-state index is 12.0. The van der Waals surface area contributed by atoms with Crippen molar-refractivity contribution in [1.82, 2.24) is 4.72 Å². The third-order valence-electron chi connectivity index (χ3n) is 2.30. The van der Waals surface area contributed by atoms with E-state index in [0.29, 0.717) is 10.2 Å². The predicted octanol–water partition coefficient (Wildman–Crippen LogP) is 2.45. The molecule has 1 unspecified atom stereocenters. The van der Waals surface area contributed by atoms with Crippen molar-refractivity contribution in [2.24, 2.45) is 0 Å². The van der Waals surface area contributed by atoms with Crippen LogP contribution in [0.15, 0.2) is 29.2 Å². The van der Waals surface area contributed by atoms with Crippen LogP contribution in [0, 0.1) is 6.92 Å². The second kappa shape index (κ2) is 5.80. The van der Waals surface area contributed by atoms with E-state index in [2.05, 4.69) is 20.7 Å². The minimum Gasteiger partial charge on any atom is -0.207 e. The summed E-state index contributed by atoms with van der Waals surface area (Å²) < 4.78 is 26.6. The molecule has 0 heterocycles. The van der Waals surface area contributed by atoms with Gasteiger partial charge >= 0.3 is 0 Å². The summed E-state index contributed by atoms with van der Waals surface area (Å²) in [6.07, 6.45) is 0.760. The summed E-state index contributed by atoms with van der Waals surface area (Å²) in [4.78, 5) is 0.326. The fourth-order valence-electron chi connectivity index (χ4n) is 1.29. The number of sulfonamides is 1. The van der Waals surface area contributed by atoms with Crippen LogP contribution in [0.4, 0.5) is 0 Å². The van der Waals surface area contributed by atoms with Crippen molar-refractivity contribution in [2.75, 3.05) is 5.33 Å². The van der Waals surface area contributed by atoms with Crippen molar-refractivity contribution in [3.63, 3.8) is 0 Å². The normalized spacial score (nSPS) is 13.7. The molecule has 1 aromatic rings. The van der Waals surface area contributed by atoms with E-state index in [4.69, 9.17) is 0 Å². The lowest BCUT2D eigenvalue weighted by atomic mass is 10.2. The monoisotopic (exact) mass is 305 g/mol. The van der Waals surface area contributed by atoms with Crippen molar-refractivity contribution in [3.8, 4) is 0 Å². The van der Waals surface area contributed by atoms with Gasteiger partial charge in [-0.25, -0.2) is 13.1 Å². The molecule has 0 saturated carbocycles. The van der Waals surface area contributed by atoms with Crippen molar-refractivity contribution in [1.29, 1.82) is 0 Å². The van der Waals surface area contributed by atoms with E-state index < -0.39 is 10.0 Å². The maximum absolute atomic E-state index is 12.0. The first-order valence-corrected chi connectivity index (χ1v) is 7.75. The molecule has 0 spiro atoms. The number of benzene rings is 1. The van der Waals surface area contributed by atoms with Crippen molar-refractivity contribution in [2.45, 2.75) is 31.2 Å². The highest BCUT2D eigenvalue weighted by molar-refractivity contribution is 9.09. The van der Waals surface area contributed by atoms with Gasteiger partial charge in [0, 0.05) is 11.4 Å². The Bertz CT molecular complexity index is 441. The molecule has 0 aliphatic heterocycles. The maximum Gasteiger partial charge on any atom is 0.240 e. The third kappa shape index (κ3) is 3.57. The topological polar surface area (TPSA) is 46.2 Å². The zero-order valence-corrected chi connectivity index (χ0v) is 11.8. The van der Waals surface area contributed by atoms with E-state index in [1.807, 2.05) is 19.9 Å². The lowest BCUT2D eigenvalue weighted by Crippen LogP contribution is -2.35. The Kier molecular flexibility index (Phi) is 4.95. The first kappa shape index (κ1) is 13.7. The van der Waals surface area contributed by atoms with Gasteiger partial charge in [0.2, 0.25) is 10.0 Å². The Labute approximate surface area is 105 Å². The largest absolute Gasteiger partial charge is 0.240 e. The van der Waals surface area contributed by atoms with Crippen molar-refractivity contribution < 1.29 is 8.42 Å². The van der Waals surface area contributed by atoms with E-state index >= 15 is 0 Å². The molecule has 1 rings (SSSR count). The Morgan fingerprint density at radius 3 is 2.62 bits per heavy atom. The summed E-state index contributed by atoms with van der Waals surface area (Å²) in [6.45, 7) is 3.82. The molecule has 1 aromatic carbocycles. The third-order valence-corrected chi connectivity index (χ3v) is 4.60. The highest BCUT2D eigenvalue weighted by atomic mass is 79.9. The zero-order chi connectivity index (χ0) is 12.2. The molecule has 1 N–H and O–H groups in total. The Morgan fingerprint density at radius 2 is 2.12 bits per heavy atom. The van der Waals surface area contributed by atoms with Crippen LogP contribution >= 0.6 is 15.9 Å². The molecule has 16 heavy (non-hydrogen) atoms. The highest BCUT2D eigenvalue weighted by Crippen LogP contribution is 2.12. The average Bonchev–Trinajstić information content (AvgIpc) is 2.26. The second-order valence-electron chi connectivity index (χ2n) is 3.70. The predicted molar refractivity (Wildman–Crippen MR) is 69.4 cm³/mol. The summed E-state index contributed by atoms with van der Waals surface area (Å²) in [5.74, 6) is 0. The van der Waals surface area contributed by atoms with E-state index in [9.17, 15) is 8.42 Å². The summed E-state index contributed by atoms with van der Waals surface area (Å²) in [6, 6.07) is 6.84. The van der Waals surface area contributed by atoms with Gasteiger partial charge in [0.25, 0.3) is 0 Å². The van der Waals surface area contributed by atoms with Crippen molar-refractivity contribution in [3.05, 3.63) is 29.8 Å². The van der Waals surface area contributed by atoms with Crippen molar-refractivity contribution >= 4 is 26.0 Å². The van der Waals surface area contributed by atoms with Crippen LogP contribution in [-0.4, -0.2) is 19.8 Å². The van der Waals surface area contributed by atoms with Crippen LogP contribution < -0.4 is 4.72 Å². The Morgan fingerprint density at radius 1 is 1.44 bits per heavy atom. The van der Waals surface area contributed by atoms with Gasteiger partial charge in [-0.1, -0.05) is 35.0 Å². The summed E-state index contributed by atoms with van der Waals surface area (Å²) in [5.41, 5.74) is 0.940. The van der Waals surface area contributed by atoms with Gasteiger partial charge in [-0.3, -0.25) is 0 Å². The number of hydrogen-bond donors (Lipinski definition) is 1. The fraction of sp³-hybridized carbons (Fsp3) is 0.455. The summed E-state index contributed by atoms with van der Waals surface area (Å²) in [5, 5.41) is 0.620. The molecule has 3 nitrogen and oxygen atoms in total. The molecule has 1 atom stereocenters. The van der Waals surface area contributed by atoms with Crippen LogP contribution in [0.5, 0.6) is 0 Å². The minimum absolute atomic E-state index is 0.0643. The van der Waals surface area contributed by atoms with Gasteiger partial charge in [-0.2, -0.15) is 0 Å². The second-order valence-corrected chi connectivity index (χ2v) is 6.06. The van der Waals surface area contributed by atoms with Gasteiger partial charge in [-0.15, -0.1) is 0 Å². The molecule has 0 fully saturated rings. The van der Waals surface area contributed by atoms with E-state index in [1.54, 1.807) is 18.2 Å². The van der Waals surface area contributed by atoms with Crippen LogP contribution in [-0.2, 0) is 10.0 Å². The van der Waals surface area contributed by atoms with Gasteiger partial charge in [-0.05, 0) is 31.0 Å². The van der Waals surface area contributed by atoms with Crippen LogP contribution in [0.25, 0.3) is 0 Å². The Balaban J connectivity index is 2.94. The molecular weight excluding hydrogens is 290 g/mol. The molecule has 90 valence electrons. The van der Waals surface area contributed by atoms with Gasteiger partial charge in [0.1, 0.15) is 0 Å².